The van der Waals surface area contributed by atoms with Gasteiger partial charge in [0.25, 0.3) is 0 Å². The van der Waals surface area contributed by atoms with Crippen LogP contribution in [0.3, 0.4) is 0 Å². The van der Waals surface area contributed by atoms with Crippen LogP contribution in [-0.2, 0) is 4.79 Å². The van der Waals surface area contributed by atoms with Crippen molar-refractivity contribution in [3.05, 3.63) is 42.9 Å². The number of piperidine rings is 1. The topological polar surface area (TPSA) is 58.1 Å². The van der Waals surface area contributed by atoms with Crippen molar-refractivity contribution in [3.8, 4) is 10.4 Å². The molecule has 1 N–H and O–H groups in total. The summed E-state index contributed by atoms with van der Waals surface area (Å²) < 4.78 is 0. The minimum absolute atomic E-state index is 0.133. The second-order valence-corrected chi connectivity index (χ2v) is 8.06. The fraction of sp³-hybridized carbons (Fsp3) is 0.316. The quantitative estimate of drug-likeness (QED) is 0.789. The van der Waals surface area contributed by atoms with E-state index in [2.05, 4.69) is 45.4 Å². The average Bonchev–Trinajstić information content (AvgIpc) is 2.96. The van der Waals surface area contributed by atoms with E-state index in [1.807, 2.05) is 18.5 Å². The van der Waals surface area contributed by atoms with Gasteiger partial charge in [-0.2, -0.15) is 0 Å². The Hall–Kier alpha value is -2.31. The number of likely N-dealkylation sites (tertiary alicyclic amines) is 1. The summed E-state index contributed by atoms with van der Waals surface area (Å²) in [6.07, 6.45) is 5.50. The summed E-state index contributed by atoms with van der Waals surface area (Å²) in [5, 5.41) is 5.98. The summed E-state index contributed by atoms with van der Waals surface area (Å²) in [5.74, 6) is 1.39. The molecule has 5 nitrogen and oxygen atoms in total. The molecule has 0 spiro atoms. The maximum absolute atomic E-state index is 12.4. The maximum atomic E-state index is 12.4. The van der Waals surface area contributed by atoms with Crippen molar-refractivity contribution < 1.29 is 4.79 Å². The van der Waals surface area contributed by atoms with Gasteiger partial charge in [-0.25, -0.2) is 4.98 Å². The van der Waals surface area contributed by atoms with Gasteiger partial charge in [0.15, 0.2) is 5.13 Å². The molecule has 0 bridgehead atoms. The fourth-order valence-corrected chi connectivity index (χ4v) is 4.83. The Balaban J connectivity index is 1.32. The van der Waals surface area contributed by atoms with Crippen LogP contribution in [0, 0.1) is 17.8 Å². The Bertz CT molecular complexity index is 957. The van der Waals surface area contributed by atoms with Crippen LogP contribution in [-0.4, -0.2) is 40.9 Å². The van der Waals surface area contributed by atoms with Gasteiger partial charge in [-0.1, -0.05) is 23.5 Å². The summed E-state index contributed by atoms with van der Waals surface area (Å²) in [7, 11) is 2.12. The molecule has 3 atom stereocenters. The van der Waals surface area contributed by atoms with Gasteiger partial charge in [0.05, 0.1) is 4.88 Å². The standard InChI is InChI=1S/C19H18N4OS/c1-23-9-14-15(10-23)17(14)18(24)22-19-21-8-16(25-19)12-2-3-13-7-20-5-4-11(13)6-12/h2-8,14-15,17H,9-10H2,1H3,(H,21,22,24)/t14-,15+,17+. The molecule has 1 amide bonds. The molecule has 1 aliphatic carbocycles. The molecule has 1 saturated carbocycles. The van der Waals surface area contributed by atoms with E-state index in [4.69, 9.17) is 0 Å². The van der Waals surface area contributed by atoms with Gasteiger partial charge in [-0.15, -0.1) is 0 Å². The molecule has 1 aromatic carbocycles. The first-order chi connectivity index (χ1) is 12.2. The fourth-order valence-electron chi connectivity index (χ4n) is 4.02. The molecule has 5 rings (SSSR count). The molecular formula is C19H18N4OS. The van der Waals surface area contributed by atoms with Crippen molar-refractivity contribution in [1.29, 1.82) is 0 Å². The normalized spacial score (nSPS) is 25.1. The van der Waals surface area contributed by atoms with Crippen molar-refractivity contribution in [2.24, 2.45) is 17.8 Å². The number of carbonyl (C=O) groups is 1. The summed E-state index contributed by atoms with van der Waals surface area (Å²) in [4.78, 5) is 24.3. The number of aromatic nitrogens is 2. The molecule has 0 radical (unpaired) electrons. The van der Waals surface area contributed by atoms with E-state index in [0.717, 1.165) is 34.3 Å². The van der Waals surface area contributed by atoms with Crippen LogP contribution in [0.2, 0.25) is 0 Å². The van der Waals surface area contributed by atoms with Gasteiger partial charge < -0.3 is 10.2 Å². The lowest BCUT2D eigenvalue weighted by molar-refractivity contribution is -0.118. The predicted molar refractivity (Wildman–Crippen MR) is 99.4 cm³/mol. The molecule has 1 saturated heterocycles. The maximum Gasteiger partial charge on any atom is 0.229 e. The van der Waals surface area contributed by atoms with E-state index in [-0.39, 0.29) is 11.8 Å². The lowest BCUT2D eigenvalue weighted by Gasteiger charge is -2.12. The lowest BCUT2D eigenvalue weighted by atomic mass is 10.1. The van der Waals surface area contributed by atoms with E-state index in [1.165, 1.54) is 11.3 Å². The lowest BCUT2D eigenvalue weighted by Crippen LogP contribution is -2.25. The Morgan fingerprint density at radius 2 is 2.04 bits per heavy atom. The molecule has 2 aliphatic rings. The van der Waals surface area contributed by atoms with E-state index < -0.39 is 0 Å². The third-order valence-corrected chi connectivity index (χ3v) is 6.30. The van der Waals surface area contributed by atoms with Crippen LogP contribution in [0.25, 0.3) is 21.2 Å². The first kappa shape index (κ1) is 15.0. The van der Waals surface area contributed by atoms with Gasteiger partial charge in [-0.3, -0.25) is 9.78 Å². The van der Waals surface area contributed by atoms with Crippen LogP contribution in [0.1, 0.15) is 0 Å². The molecule has 2 aromatic heterocycles. The first-order valence-electron chi connectivity index (χ1n) is 8.48. The minimum Gasteiger partial charge on any atom is -0.306 e. The number of benzene rings is 1. The predicted octanol–water partition coefficient (Wildman–Crippen LogP) is 3.10. The Kier molecular flexibility index (Phi) is 3.36. The van der Waals surface area contributed by atoms with Crippen molar-refractivity contribution in [1.82, 2.24) is 14.9 Å². The van der Waals surface area contributed by atoms with Crippen molar-refractivity contribution in [2.75, 3.05) is 25.5 Å². The SMILES string of the molecule is CN1C[C@@H]2[C@H](C1)[C@H]2C(=O)Nc1ncc(-c2ccc3cnccc3c2)s1. The molecule has 0 unspecified atom stereocenters. The van der Waals surface area contributed by atoms with Gasteiger partial charge in [0.2, 0.25) is 5.91 Å². The Morgan fingerprint density at radius 1 is 1.20 bits per heavy atom. The van der Waals surface area contributed by atoms with Crippen molar-refractivity contribution >= 4 is 33.1 Å². The number of anilines is 1. The van der Waals surface area contributed by atoms with Gasteiger partial charge >= 0.3 is 0 Å². The van der Waals surface area contributed by atoms with Gasteiger partial charge in [0.1, 0.15) is 0 Å². The number of hydrogen-bond acceptors (Lipinski definition) is 5. The Morgan fingerprint density at radius 3 is 2.88 bits per heavy atom. The second kappa shape index (κ2) is 5.61. The third kappa shape index (κ3) is 2.62. The van der Waals surface area contributed by atoms with E-state index in [9.17, 15) is 4.79 Å². The molecule has 3 aromatic rings. The highest BCUT2D eigenvalue weighted by Gasteiger charge is 2.58. The van der Waals surface area contributed by atoms with Crippen LogP contribution < -0.4 is 5.32 Å². The molecule has 6 heteroatoms. The second-order valence-electron chi connectivity index (χ2n) is 7.03. The first-order valence-corrected chi connectivity index (χ1v) is 9.30. The van der Waals surface area contributed by atoms with E-state index >= 15 is 0 Å². The van der Waals surface area contributed by atoms with Crippen LogP contribution in [0.15, 0.2) is 42.9 Å². The monoisotopic (exact) mass is 350 g/mol. The molecule has 1 aliphatic heterocycles. The highest BCUT2D eigenvalue weighted by molar-refractivity contribution is 7.19. The van der Waals surface area contributed by atoms with Crippen LogP contribution in [0.5, 0.6) is 0 Å². The number of carbonyl (C=O) groups excluding carboxylic acids is 1. The molecule has 25 heavy (non-hydrogen) atoms. The number of pyridine rings is 1. The van der Waals surface area contributed by atoms with Crippen molar-refractivity contribution in [2.45, 2.75) is 0 Å². The number of rotatable bonds is 3. The number of fused-ring (bicyclic) bond motifs is 2. The molecule has 126 valence electrons. The highest BCUT2D eigenvalue weighted by atomic mass is 32.1. The van der Waals surface area contributed by atoms with Crippen LogP contribution in [0.4, 0.5) is 5.13 Å². The zero-order chi connectivity index (χ0) is 17.0. The smallest absolute Gasteiger partial charge is 0.229 e. The number of amides is 1. The average molecular weight is 350 g/mol. The minimum atomic E-state index is 0.133. The molecule has 2 fully saturated rings. The van der Waals surface area contributed by atoms with E-state index in [1.54, 1.807) is 6.20 Å². The largest absolute Gasteiger partial charge is 0.306 e. The van der Waals surface area contributed by atoms with Gasteiger partial charge in [0, 0.05) is 43.0 Å². The number of thiazole rings is 1. The third-order valence-electron chi connectivity index (χ3n) is 5.34. The van der Waals surface area contributed by atoms with Gasteiger partial charge in [-0.05, 0) is 42.0 Å². The van der Waals surface area contributed by atoms with E-state index in [0.29, 0.717) is 17.0 Å². The zero-order valence-corrected chi connectivity index (χ0v) is 14.7. The molecular weight excluding hydrogens is 332 g/mol. The summed E-state index contributed by atoms with van der Waals surface area (Å²) in [6.45, 7) is 2.08. The summed E-state index contributed by atoms with van der Waals surface area (Å²) >= 11 is 1.53. The van der Waals surface area contributed by atoms with Crippen molar-refractivity contribution in [3.63, 3.8) is 0 Å². The summed E-state index contributed by atoms with van der Waals surface area (Å²) in [5.41, 5.74) is 1.11. The number of hydrogen-bond donors (Lipinski definition) is 1. The zero-order valence-electron chi connectivity index (χ0n) is 13.8. The highest BCUT2D eigenvalue weighted by Crippen LogP contribution is 2.51. The number of nitrogens with one attached hydrogen (secondary N) is 1. The molecule has 3 heterocycles. The Labute approximate surface area is 149 Å². The van der Waals surface area contributed by atoms with Crippen LogP contribution >= 0.6 is 11.3 Å². The number of nitrogens with zero attached hydrogens (tertiary/aromatic N) is 3. The summed E-state index contributed by atoms with van der Waals surface area (Å²) in [6, 6.07) is 8.28.